The molecule has 0 saturated heterocycles. The van der Waals surface area contributed by atoms with Crippen molar-refractivity contribution < 1.29 is 4.79 Å². The van der Waals surface area contributed by atoms with E-state index in [1.165, 1.54) is 11.3 Å². The molecule has 0 aliphatic carbocycles. The van der Waals surface area contributed by atoms with Gasteiger partial charge in [-0.3, -0.25) is 9.69 Å². The van der Waals surface area contributed by atoms with Crippen LogP contribution in [0.3, 0.4) is 0 Å². The topological polar surface area (TPSA) is 38.1 Å². The maximum Gasteiger partial charge on any atom is 0.186 e. The molecule has 18 heavy (non-hydrogen) atoms. The van der Waals surface area contributed by atoms with Gasteiger partial charge in [-0.1, -0.05) is 0 Å². The molecule has 6 heteroatoms. The highest BCUT2D eigenvalue weighted by atomic mass is 79.9. The monoisotopic (exact) mass is 327 g/mol. The summed E-state index contributed by atoms with van der Waals surface area (Å²) in [6, 6.07) is 3.75. The van der Waals surface area contributed by atoms with Crippen molar-refractivity contribution in [1.29, 1.82) is 0 Å². The van der Waals surface area contributed by atoms with Crippen LogP contribution in [0.1, 0.15) is 15.5 Å². The molecule has 0 N–H and O–H groups in total. The number of carbonyl (C=O) groups is 1. The number of likely N-dealkylation sites (N-methyl/N-ethyl adjacent to an activating group) is 1. The van der Waals surface area contributed by atoms with Crippen LogP contribution in [-0.2, 0) is 13.6 Å². The molecular weight excluding hydrogens is 314 g/mol. The van der Waals surface area contributed by atoms with Crippen molar-refractivity contribution in [2.24, 2.45) is 7.05 Å². The Bertz CT molecular complexity index is 549. The average Bonchev–Trinajstić information content (AvgIpc) is 2.89. The number of carbonyl (C=O) groups excluding carboxylic acids is 1. The summed E-state index contributed by atoms with van der Waals surface area (Å²) in [5.41, 5.74) is 0. The van der Waals surface area contributed by atoms with Crippen molar-refractivity contribution in [2.75, 3.05) is 13.6 Å². The van der Waals surface area contributed by atoms with Gasteiger partial charge in [0.05, 0.1) is 21.8 Å². The number of aryl methyl sites for hydroxylation is 1. The third-order valence-corrected chi connectivity index (χ3v) is 4.26. The Morgan fingerprint density at radius 2 is 2.33 bits per heavy atom. The van der Waals surface area contributed by atoms with Gasteiger partial charge >= 0.3 is 0 Å². The number of hydrogen-bond acceptors (Lipinski definition) is 4. The summed E-state index contributed by atoms with van der Waals surface area (Å²) in [5, 5.41) is 0. The molecule has 0 amide bonds. The Hall–Kier alpha value is -0.980. The number of thiophene rings is 1. The average molecular weight is 328 g/mol. The minimum atomic E-state index is 0.141. The zero-order chi connectivity index (χ0) is 13.1. The van der Waals surface area contributed by atoms with Crippen molar-refractivity contribution in [1.82, 2.24) is 14.5 Å². The quantitative estimate of drug-likeness (QED) is 0.792. The van der Waals surface area contributed by atoms with E-state index < -0.39 is 0 Å². The highest BCUT2D eigenvalue weighted by molar-refractivity contribution is 9.11. The molecule has 0 unspecified atom stereocenters. The van der Waals surface area contributed by atoms with E-state index in [0.29, 0.717) is 13.1 Å². The highest BCUT2D eigenvalue weighted by Crippen LogP contribution is 2.22. The van der Waals surface area contributed by atoms with E-state index in [1.54, 1.807) is 6.20 Å². The van der Waals surface area contributed by atoms with Gasteiger partial charge in [-0.2, -0.15) is 0 Å². The van der Waals surface area contributed by atoms with Crippen molar-refractivity contribution >= 4 is 33.0 Å². The van der Waals surface area contributed by atoms with Crippen LogP contribution in [0, 0.1) is 0 Å². The van der Waals surface area contributed by atoms with Gasteiger partial charge in [-0.25, -0.2) is 4.98 Å². The predicted molar refractivity (Wildman–Crippen MR) is 75.9 cm³/mol. The molecule has 0 aliphatic rings. The van der Waals surface area contributed by atoms with Gasteiger partial charge in [0.2, 0.25) is 0 Å². The van der Waals surface area contributed by atoms with E-state index in [-0.39, 0.29) is 5.78 Å². The first kappa shape index (κ1) is 13.5. The van der Waals surface area contributed by atoms with Crippen LogP contribution in [0.2, 0.25) is 0 Å². The van der Waals surface area contributed by atoms with Crippen LogP contribution in [0.15, 0.2) is 28.3 Å². The number of imidazole rings is 1. The normalized spacial score (nSPS) is 11.1. The fourth-order valence-corrected chi connectivity index (χ4v) is 2.95. The molecule has 0 saturated carbocycles. The van der Waals surface area contributed by atoms with E-state index in [0.717, 1.165) is 14.5 Å². The Morgan fingerprint density at radius 1 is 1.56 bits per heavy atom. The summed E-state index contributed by atoms with van der Waals surface area (Å²) in [4.78, 5) is 19.0. The van der Waals surface area contributed by atoms with Gasteiger partial charge in [0.25, 0.3) is 0 Å². The second-order valence-corrected chi connectivity index (χ2v) is 6.62. The van der Waals surface area contributed by atoms with E-state index in [9.17, 15) is 4.79 Å². The SMILES string of the molecule is CN(CC(=O)c1ccc(Br)s1)Cc1nccn1C. The first-order valence-corrected chi connectivity index (χ1v) is 7.10. The first-order chi connectivity index (χ1) is 8.56. The van der Waals surface area contributed by atoms with Gasteiger partial charge in [0, 0.05) is 19.4 Å². The molecule has 2 rings (SSSR count). The molecule has 96 valence electrons. The van der Waals surface area contributed by atoms with E-state index in [2.05, 4.69) is 20.9 Å². The zero-order valence-corrected chi connectivity index (χ0v) is 12.7. The Labute approximate surface area is 118 Å². The summed E-state index contributed by atoms with van der Waals surface area (Å²) in [5.74, 6) is 1.10. The van der Waals surface area contributed by atoms with Gasteiger partial charge in [-0.15, -0.1) is 11.3 Å². The van der Waals surface area contributed by atoms with Crippen molar-refractivity contribution in [3.05, 3.63) is 39.0 Å². The summed E-state index contributed by atoms with van der Waals surface area (Å²) in [6.07, 6.45) is 3.67. The second kappa shape index (κ2) is 5.77. The van der Waals surface area contributed by atoms with E-state index in [1.807, 2.05) is 41.9 Å². The number of halogens is 1. The molecule has 2 heterocycles. The lowest BCUT2D eigenvalue weighted by atomic mass is 10.3. The predicted octanol–water partition coefficient (Wildman–Crippen LogP) is 2.56. The van der Waals surface area contributed by atoms with Crippen LogP contribution < -0.4 is 0 Å². The van der Waals surface area contributed by atoms with Crippen LogP contribution >= 0.6 is 27.3 Å². The smallest absolute Gasteiger partial charge is 0.186 e. The van der Waals surface area contributed by atoms with Crippen LogP contribution in [0.5, 0.6) is 0 Å². The minimum absolute atomic E-state index is 0.141. The summed E-state index contributed by atoms with van der Waals surface area (Å²) >= 11 is 4.83. The Morgan fingerprint density at radius 3 is 2.89 bits per heavy atom. The summed E-state index contributed by atoms with van der Waals surface area (Å²) in [7, 11) is 3.88. The van der Waals surface area contributed by atoms with E-state index in [4.69, 9.17) is 0 Å². The molecule has 0 radical (unpaired) electrons. The molecule has 4 nitrogen and oxygen atoms in total. The summed E-state index contributed by atoms with van der Waals surface area (Å²) < 4.78 is 2.94. The van der Waals surface area contributed by atoms with Crippen molar-refractivity contribution in [3.63, 3.8) is 0 Å². The largest absolute Gasteiger partial charge is 0.337 e. The Kier molecular flexibility index (Phi) is 4.31. The Balaban J connectivity index is 1.93. The number of hydrogen-bond donors (Lipinski definition) is 0. The standard InChI is InChI=1S/C12H14BrN3OS/c1-15(8-12-14-5-6-16(12)2)7-9(17)10-3-4-11(13)18-10/h3-6H,7-8H2,1-2H3. The minimum Gasteiger partial charge on any atom is -0.337 e. The third kappa shape index (κ3) is 3.28. The molecule has 0 aliphatic heterocycles. The van der Waals surface area contributed by atoms with Gasteiger partial charge in [0.1, 0.15) is 5.82 Å². The second-order valence-electron chi connectivity index (χ2n) is 4.15. The van der Waals surface area contributed by atoms with Gasteiger partial charge in [-0.05, 0) is 35.1 Å². The maximum absolute atomic E-state index is 12.0. The van der Waals surface area contributed by atoms with Gasteiger partial charge < -0.3 is 4.57 Å². The lowest BCUT2D eigenvalue weighted by Gasteiger charge is -2.14. The third-order valence-electron chi connectivity index (χ3n) is 2.59. The molecule has 2 aromatic rings. The van der Waals surface area contributed by atoms with Crippen molar-refractivity contribution in [3.8, 4) is 0 Å². The fraction of sp³-hybridized carbons (Fsp3) is 0.333. The van der Waals surface area contributed by atoms with Crippen LogP contribution in [-0.4, -0.2) is 33.8 Å². The number of Topliss-reactive ketones (excluding diaryl/α,β-unsaturated/α-hetero) is 1. The lowest BCUT2D eigenvalue weighted by molar-refractivity contribution is 0.0945. The highest BCUT2D eigenvalue weighted by Gasteiger charge is 2.13. The lowest BCUT2D eigenvalue weighted by Crippen LogP contribution is -2.26. The number of rotatable bonds is 5. The fourth-order valence-electron chi connectivity index (χ4n) is 1.63. The van der Waals surface area contributed by atoms with Crippen molar-refractivity contribution in [2.45, 2.75) is 6.54 Å². The molecule has 0 bridgehead atoms. The number of nitrogens with zero attached hydrogens (tertiary/aromatic N) is 3. The molecule has 2 aromatic heterocycles. The van der Waals surface area contributed by atoms with Crippen LogP contribution in [0.25, 0.3) is 0 Å². The first-order valence-electron chi connectivity index (χ1n) is 5.49. The van der Waals surface area contributed by atoms with E-state index >= 15 is 0 Å². The van der Waals surface area contributed by atoms with Crippen LogP contribution in [0.4, 0.5) is 0 Å². The number of aromatic nitrogens is 2. The summed E-state index contributed by atoms with van der Waals surface area (Å²) in [6.45, 7) is 1.07. The molecular formula is C12H14BrN3OS. The molecule has 0 fully saturated rings. The molecule has 0 spiro atoms. The van der Waals surface area contributed by atoms with Gasteiger partial charge in [0.15, 0.2) is 5.78 Å². The molecule has 0 atom stereocenters. The molecule has 0 aromatic carbocycles. The number of ketones is 1. The maximum atomic E-state index is 12.0. The zero-order valence-electron chi connectivity index (χ0n) is 10.3.